The van der Waals surface area contributed by atoms with E-state index < -0.39 is 0 Å². The van der Waals surface area contributed by atoms with Gasteiger partial charge >= 0.3 is 0 Å². The smallest absolute Gasteiger partial charge is 0.256 e. The molecule has 150 valence electrons. The first-order valence-electron chi connectivity index (χ1n) is 9.56. The molecule has 1 aliphatic rings. The second-order valence-corrected chi connectivity index (χ2v) is 7.75. The summed E-state index contributed by atoms with van der Waals surface area (Å²) in [5.74, 6) is 0.610. The zero-order chi connectivity index (χ0) is 20.3. The minimum atomic E-state index is -0.230. The number of hydrogen-bond donors (Lipinski definition) is 1. The summed E-state index contributed by atoms with van der Waals surface area (Å²) in [4.78, 5) is 31.6. The molecule has 0 bridgehead atoms. The largest absolute Gasteiger partial charge is 0.339 e. The van der Waals surface area contributed by atoms with Gasteiger partial charge in [0.05, 0.1) is 11.3 Å². The van der Waals surface area contributed by atoms with Crippen molar-refractivity contribution in [3.63, 3.8) is 0 Å². The van der Waals surface area contributed by atoms with Gasteiger partial charge in [0.25, 0.3) is 5.91 Å². The number of aromatic nitrogens is 2. The van der Waals surface area contributed by atoms with Crippen LogP contribution in [0.2, 0.25) is 5.02 Å². The van der Waals surface area contributed by atoms with Crippen molar-refractivity contribution < 1.29 is 14.1 Å². The van der Waals surface area contributed by atoms with Gasteiger partial charge in [-0.1, -0.05) is 16.8 Å². The topological polar surface area (TPSA) is 88.3 Å². The molecule has 1 saturated heterocycles. The van der Waals surface area contributed by atoms with E-state index in [1.807, 2.05) is 4.90 Å². The lowest BCUT2D eigenvalue weighted by molar-refractivity contribution is -0.116. The number of anilines is 1. The third-order valence-electron chi connectivity index (χ3n) is 5.05. The van der Waals surface area contributed by atoms with Crippen molar-refractivity contribution in [3.8, 4) is 0 Å². The molecule has 1 aliphatic heterocycles. The first kappa shape index (κ1) is 20.3. The Balaban J connectivity index is 1.74. The van der Waals surface area contributed by atoms with Gasteiger partial charge in [-0.3, -0.25) is 9.59 Å². The molecule has 2 atom stereocenters. The molecule has 2 unspecified atom stereocenters. The third kappa shape index (κ3) is 4.70. The Labute approximate surface area is 169 Å². The quantitative estimate of drug-likeness (QED) is 0.813. The van der Waals surface area contributed by atoms with Crippen LogP contribution in [-0.2, 0) is 11.2 Å². The summed E-state index contributed by atoms with van der Waals surface area (Å²) in [6.45, 7) is 5.84. The minimum absolute atomic E-state index is 0.106. The molecule has 0 saturated carbocycles. The van der Waals surface area contributed by atoms with E-state index in [0.717, 1.165) is 19.3 Å². The summed E-state index contributed by atoms with van der Waals surface area (Å²) in [7, 11) is 0. The van der Waals surface area contributed by atoms with Gasteiger partial charge in [-0.2, -0.15) is 4.98 Å². The normalized spacial score (nSPS) is 19.5. The molecule has 1 aromatic heterocycles. The molecule has 2 heterocycles. The van der Waals surface area contributed by atoms with Gasteiger partial charge < -0.3 is 14.7 Å². The van der Waals surface area contributed by atoms with Crippen molar-refractivity contribution >= 4 is 29.1 Å². The molecule has 1 aromatic carbocycles. The van der Waals surface area contributed by atoms with Crippen LogP contribution in [0.15, 0.2) is 22.7 Å². The molecular weight excluding hydrogens is 380 g/mol. The lowest BCUT2D eigenvalue weighted by atomic mass is 9.96. The van der Waals surface area contributed by atoms with E-state index in [4.69, 9.17) is 16.1 Å². The van der Waals surface area contributed by atoms with Crippen LogP contribution < -0.4 is 5.32 Å². The molecule has 0 aliphatic carbocycles. The average molecular weight is 405 g/mol. The van der Waals surface area contributed by atoms with Crippen LogP contribution in [0.1, 0.15) is 61.6 Å². The number of likely N-dealkylation sites (tertiary alicyclic amines) is 1. The maximum atomic E-state index is 13.2. The zero-order valence-electron chi connectivity index (χ0n) is 16.4. The predicted molar refractivity (Wildman–Crippen MR) is 106 cm³/mol. The van der Waals surface area contributed by atoms with Crippen LogP contribution >= 0.6 is 11.6 Å². The van der Waals surface area contributed by atoms with E-state index in [9.17, 15) is 9.59 Å². The number of amides is 2. The highest BCUT2D eigenvalue weighted by molar-refractivity contribution is 6.31. The van der Waals surface area contributed by atoms with E-state index in [2.05, 4.69) is 29.3 Å². The number of nitrogens with one attached hydrogen (secondary N) is 1. The van der Waals surface area contributed by atoms with E-state index in [-0.39, 0.29) is 30.3 Å². The maximum absolute atomic E-state index is 13.2. The number of carbonyl (C=O) groups excluding carboxylic acids is 2. The Hall–Kier alpha value is -2.41. The summed E-state index contributed by atoms with van der Waals surface area (Å²) < 4.78 is 5.03. The number of nitrogens with zero attached hydrogens (tertiary/aromatic N) is 3. The highest BCUT2D eigenvalue weighted by atomic mass is 35.5. The first-order valence-corrected chi connectivity index (χ1v) is 9.94. The van der Waals surface area contributed by atoms with Crippen LogP contribution in [0.4, 0.5) is 5.69 Å². The van der Waals surface area contributed by atoms with E-state index in [1.165, 1.54) is 0 Å². The molecule has 2 aromatic rings. The van der Waals surface area contributed by atoms with Gasteiger partial charge in [0.1, 0.15) is 0 Å². The average Bonchev–Trinajstić information content (AvgIpc) is 3.06. The highest BCUT2D eigenvalue weighted by Crippen LogP contribution is 2.29. The molecule has 1 N–H and O–H groups in total. The standard InChI is InChI=1S/C20H25ClN4O3/c1-12-5-4-6-13(2)25(12)20(27)16-11-15(21)7-8-17(16)23-18(26)9-10-19-22-14(3)24-28-19/h7-8,11-13H,4-6,9-10H2,1-3H3,(H,23,26). The van der Waals surface area contributed by atoms with Crippen LogP contribution in [0.5, 0.6) is 0 Å². The fourth-order valence-corrected chi connectivity index (χ4v) is 3.81. The molecule has 28 heavy (non-hydrogen) atoms. The van der Waals surface area contributed by atoms with Gasteiger partial charge in [-0.05, 0) is 58.2 Å². The Bertz CT molecular complexity index is 857. The summed E-state index contributed by atoms with van der Waals surface area (Å²) in [5, 5.41) is 7.00. The molecule has 2 amide bonds. The van der Waals surface area contributed by atoms with Crippen molar-refractivity contribution in [2.75, 3.05) is 5.32 Å². The van der Waals surface area contributed by atoms with Gasteiger partial charge in [0, 0.05) is 29.9 Å². The van der Waals surface area contributed by atoms with Crippen molar-refractivity contribution in [2.24, 2.45) is 0 Å². The Morgan fingerprint density at radius 1 is 1.29 bits per heavy atom. The highest BCUT2D eigenvalue weighted by Gasteiger charge is 2.31. The molecule has 0 radical (unpaired) electrons. The molecule has 0 spiro atoms. The lowest BCUT2D eigenvalue weighted by Gasteiger charge is -2.39. The van der Waals surface area contributed by atoms with E-state index >= 15 is 0 Å². The van der Waals surface area contributed by atoms with Crippen molar-refractivity contribution in [2.45, 2.75) is 65.0 Å². The minimum Gasteiger partial charge on any atom is -0.339 e. The number of benzene rings is 1. The van der Waals surface area contributed by atoms with Gasteiger partial charge in [0.15, 0.2) is 5.82 Å². The van der Waals surface area contributed by atoms with Gasteiger partial charge in [-0.15, -0.1) is 0 Å². The molecular formula is C20H25ClN4O3. The predicted octanol–water partition coefficient (Wildman–Crippen LogP) is 4.01. The monoisotopic (exact) mass is 404 g/mol. The second kappa shape index (κ2) is 8.73. The SMILES string of the molecule is Cc1noc(CCC(=O)Nc2ccc(Cl)cc2C(=O)N2C(C)CCCC2C)n1. The van der Waals surface area contributed by atoms with Gasteiger partial charge in [-0.25, -0.2) is 0 Å². The molecule has 1 fully saturated rings. The Morgan fingerprint density at radius 3 is 2.64 bits per heavy atom. The zero-order valence-corrected chi connectivity index (χ0v) is 17.1. The third-order valence-corrected chi connectivity index (χ3v) is 5.28. The Kier molecular flexibility index (Phi) is 6.34. The fraction of sp³-hybridized carbons (Fsp3) is 0.500. The van der Waals surface area contributed by atoms with Crippen molar-refractivity contribution in [1.82, 2.24) is 15.0 Å². The van der Waals surface area contributed by atoms with E-state index in [0.29, 0.717) is 34.4 Å². The summed E-state index contributed by atoms with van der Waals surface area (Å²) in [6, 6.07) is 5.26. The molecule has 7 nitrogen and oxygen atoms in total. The number of hydrogen-bond acceptors (Lipinski definition) is 5. The van der Waals surface area contributed by atoms with Crippen molar-refractivity contribution in [1.29, 1.82) is 0 Å². The summed E-state index contributed by atoms with van der Waals surface area (Å²) in [5.41, 5.74) is 0.876. The van der Waals surface area contributed by atoms with Crippen LogP contribution in [0.25, 0.3) is 0 Å². The molecule has 8 heteroatoms. The number of rotatable bonds is 5. The van der Waals surface area contributed by atoms with Crippen LogP contribution in [0.3, 0.4) is 0 Å². The number of piperidine rings is 1. The first-order chi connectivity index (χ1) is 13.3. The van der Waals surface area contributed by atoms with E-state index in [1.54, 1.807) is 25.1 Å². The van der Waals surface area contributed by atoms with Gasteiger partial charge in [0.2, 0.25) is 11.8 Å². The fourth-order valence-electron chi connectivity index (χ4n) is 3.64. The number of halogens is 1. The molecule has 3 rings (SSSR count). The number of aryl methyl sites for hydroxylation is 2. The lowest BCUT2D eigenvalue weighted by Crippen LogP contribution is -2.47. The summed E-state index contributed by atoms with van der Waals surface area (Å²) >= 11 is 6.14. The summed E-state index contributed by atoms with van der Waals surface area (Å²) in [6.07, 6.45) is 3.57. The number of carbonyl (C=O) groups is 2. The van der Waals surface area contributed by atoms with Crippen LogP contribution in [-0.4, -0.2) is 38.9 Å². The Morgan fingerprint density at radius 2 is 2.00 bits per heavy atom. The second-order valence-electron chi connectivity index (χ2n) is 7.31. The maximum Gasteiger partial charge on any atom is 0.256 e. The van der Waals surface area contributed by atoms with Crippen LogP contribution in [0, 0.1) is 6.92 Å². The van der Waals surface area contributed by atoms with Crippen molar-refractivity contribution in [3.05, 3.63) is 40.5 Å².